The molecule has 1 aliphatic heterocycles. The molecule has 1 aromatic heterocycles. The van der Waals surface area contributed by atoms with Gasteiger partial charge in [0.05, 0.1) is 29.8 Å². The van der Waals surface area contributed by atoms with E-state index in [0.717, 1.165) is 19.3 Å². The number of aromatic nitrogens is 2. The maximum Gasteiger partial charge on any atom is 0.339 e. The van der Waals surface area contributed by atoms with Crippen LogP contribution in [0.15, 0.2) is 30.5 Å². The minimum absolute atomic E-state index is 0.0614. The monoisotopic (exact) mass is 357 g/mol. The molecule has 2 aromatic rings. The van der Waals surface area contributed by atoms with Crippen molar-refractivity contribution >= 4 is 17.6 Å². The Balaban J connectivity index is 1.64. The zero-order valence-corrected chi connectivity index (χ0v) is 14.9. The maximum atomic E-state index is 12.2. The average molecular weight is 357 g/mol. The molecule has 0 radical (unpaired) electrons. The summed E-state index contributed by atoms with van der Waals surface area (Å²) in [4.78, 5) is 23.4. The van der Waals surface area contributed by atoms with E-state index in [1.165, 1.54) is 6.20 Å². The van der Waals surface area contributed by atoms with Gasteiger partial charge in [0.2, 0.25) is 5.91 Å². The lowest BCUT2D eigenvalue weighted by Crippen LogP contribution is -2.16. The summed E-state index contributed by atoms with van der Waals surface area (Å²) in [6.45, 7) is 3.75. The molecule has 26 heavy (non-hydrogen) atoms. The second-order valence-electron chi connectivity index (χ2n) is 6.64. The molecule has 2 N–H and O–H groups in total. The van der Waals surface area contributed by atoms with Crippen LogP contribution in [-0.4, -0.2) is 39.0 Å². The van der Waals surface area contributed by atoms with Crippen LogP contribution < -0.4 is 5.32 Å². The van der Waals surface area contributed by atoms with E-state index in [9.17, 15) is 9.59 Å². The second-order valence-corrected chi connectivity index (χ2v) is 6.64. The highest BCUT2D eigenvalue weighted by atomic mass is 16.5. The largest absolute Gasteiger partial charge is 0.478 e. The number of nitrogens with zero attached hydrogens (tertiary/aromatic N) is 2. The molecule has 2 heterocycles. The molecule has 0 spiro atoms. The molecule has 2 unspecified atom stereocenters. The fourth-order valence-electron chi connectivity index (χ4n) is 3.21. The van der Waals surface area contributed by atoms with Crippen molar-refractivity contribution in [3.05, 3.63) is 41.7 Å². The van der Waals surface area contributed by atoms with Crippen molar-refractivity contribution in [2.45, 2.75) is 51.7 Å². The summed E-state index contributed by atoms with van der Waals surface area (Å²) in [5.41, 5.74) is 2.04. The number of carbonyl (C=O) groups excluding carboxylic acids is 1. The topological polar surface area (TPSA) is 93.5 Å². The summed E-state index contributed by atoms with van der Waals surface area (Å²) in [5, 5.41) is 16.2. The van der Waals surface area contributed by atoms with Gasteiger partial charge in [0, 0.05) is 12.1 Å². The summed E-state index contributed by atoms with van der Waals surface area (Å²) in [7, 11) is 0. The molecule has 1 amide bonds. The summed E-state index contributed by atoms with van der Waals surface area (Å²) >= 11 is 0. The number of carboxylic acids is 1. The van der Waals surface area contributed by atoms with Gasteiger partial charge in [0.1, 0.15) is 5.56 Å². The van der Waals surface area contributed by atoms with Crippen molar-refractivity contribution in [2.24, 2.45) is 0 Å². The van der Waals surface area contributed by atoms with Crippen LogP contribution in [0.4, 0.5) is 5.69 Å². The van der Waals surface area contributed by atoms with Gasteiger partial charge in [-0.3, -0.25) is 4.79 Å². The van der Waals surface area contributed by atoms with E-state index < -0.39 is 5.97 Å². The zero-order valence-electron chi connectivity index (χ0n) is 14.9. The van der Waals surface area contributed by atoms with Crippen LogP contribution in [-0.2, 0) is 9.53 Å². The number of benzene rings is 1. The van der Waals surface area contributed by atoms with E-state index in [1.807, 2.05) is 6.07 Å². The predicted molar refractivity (Wildman–Crippen MR) is 96.7 cm³/mol. The molecule has 138 valence electrons. The van der Waals surface area contributed by atoms with Crippen LogP contribution in [0.3, 0.4) is 0 Å². The first-order chi connectivity index (χ1) is 12.4. The third-order valence-electron chi connectivity index (χ3n) is 4.63. The molecule has 0 saturated carbocycles. The van der Waals surface area contributed by atoms with Crippen LogP contribution in [0.2, 0.25) is 0 Å². The highest BCUT2D eigenvalue weighted by molar-refractivity contribution is 5.91. The normalized spacial score (nSPS) is 19.5. The van der Waals surface area contributed by atoms with E-state index in [2.05, 4.69) is 17.3 Å². The van der Waals surface area contributed by atoms with Crippen LogP contribution in [0.5, 0.6) is 0 Å². The van der Waals surface area contributed by atoms with Gasteiger partial charge in [0.25, 0.3) is 0 Å². The van der Waals surface area contributed by atoms with E-state index in [-0.39, 0.29) is 23.7 Å². The molecule has 1 fully saturated rings. The Morgan fingerprint density at radius 1 is 1.38 bits per heavy atom. The number of rotatable bonds is 6. The predicted octanol–water partition coefficient (Wildman–Crippen LogP) is 3.17. The quantitative estimate of drug-likeness (QED) is 0.828. The van der Waals surface area contributed by atoms with Gasteiger partial charge in [-0.25, -0.2) is 9.48 Å². The van der Waals surface area contributed by atoms with Gasteiger partial charge < -0.3 is 15.2 Å². The van der Waals surface area contributed by atoms with Crippen molar-refractivity contribution in [3.8, 4) is 5.69 Å². The first-order valence-electron chi connectivity index (χ1n) is 8.77. The Hall–Kier alpha value is -2.67. The highest BCUT2D eigenvalue weighted by Crippen LogP contribution is 2.23. The van der Waals surface area contributed by atoms with Gasteiger partial charge in [-0.05, 0) is 51.3 Å². The molecular weight excluding hydrogens is 334 g/mol. The molecule has 1 aliphatic rings. The third kappa shape index (κ3) is 4.11. The van der Waals surface area contributed by atoms with E-state index >= 15 is 0 Å². The Morgan fingerprint density at radius 3 is 2.85 bits per heavy atom. The first kappa shape index (κ1) is 18.1. The minimum Gasteiger partial charge on any atom is -0.478 e. The Labute approximate surface area is 152 Å². The smallest absolute Gasteiger partial charge is 0.339 e. The van der Waals surface area contributed by atoms with E-state index in [4.69, 9.17) is 9.84 Å². The second kappa shape index (κ2) is 7.70. The van der Waals surface area contributed by atoms with Crippen molar-refractivity contribution in [2.75, 3.05) is 5.32 Å². The Morgan fingerprint density at radius 2 is 2.19 bits per heavy atom. The van der Waals surface area contributed by atoms with E-state index in [0.29, 0.717) is 23.5 Å². The summed E-state index contributed by atoms with van der Waals surface area (Å²) in [5.74, 6) is -1.07. The number of amides is 1. The van der Waals surface area contributed by atoms with Gasteiger partial charge >= 0.3 is 5.97 Å². The average Bonchev–Trinajstić information content (AvgIpc) is 3.19. The van der Waals surface area contributed by atoms with Gasteiger partial charge in [-0.2, -0.15) is 5.10 Å². The number of hydrogen-bond donors (Lipinski definition) is 2. The molecule has 1 aromatic carbocycles. The highest BCUT2D eigenvalue weighted by Gasteiger charge is 2.22. The fourth-order valence-corrected chi connectivity index (χ4v) is 3.21. The summed E-state index contributed by atoms with van der Waals surface area (Å²) in [6.07, 6.45) is 4.97. The number of carboxylic acid groups (broad SMARTS) is 1. The van der Waals surface area contributed by atoms with Gasteiger partial charge in [-0.1, -0.05) is 6.07 Å². The Kier molecular flexibility index (Phi) is 5.37. The van der Waals surface area contributed by atoms with Crippen molar-refractivity contribution < 1.29 is 19.4 Å². The molecule has 7 nitrogen and oxygen atoms in total. The van der Waals surface area contributed by atoms with Crippen molar-refractivity contribution in [3.63, 3.8) is 0 Å². The molecule has 3 rings (SSSR count). The molecule has 1 saturated heterocycles. The molecular formula is C19H23N3O4. The van der Waals surface area contributed by atoms with E-state index in [1.54, 1.807) is 29.8 Å². The third-order valence-corrected chi connectivity index (χ3v) is 4.63. The fraction of sp³-hybridized carbons (Fsp3) is 0.421. The van der Waals surface area contributed by atoms with Crippen molar-refractivity contribution in [1.82, 2.24) is 9.78 Å². The number of hydrogen-bond acceptors (Lipinski definition) is 4. The summed E-state index contributed by atoms with van der Waals surface area (Å²) in [6, 6.07) is 7.19. The first-order valence-corrected chi connectivity index (χ1v) is 8.77. The zero-order chi connectivity index (χ0) is 18.7. The minimum atomic E-state index is -1.01. The standard InChI is InChI=1S/C19H23N3O4/c1-12-6-7-16(26-12)8-9-18(23)21-14-4-3-5-15(10-14)22-13(2)17(11-20-22)19(24)25/h3-5,10-12,16H,6-9H2,1-2H3,(H,21,23)(H,24,25). The maximum absolute atomic E-state index is 12.2. The lowest BCUT2D eigenvalue weighted by molar-refractivity contribution is -0.116. The number of ether oxygens (including phenoxy) is 1. The lowest BCUT2D eigenvalue weighted by Gasteiger charge is -2.12. The number of nitrogens with one attached hydrogen (secondary N) is 1. The molecule has 0 bridgehead atoms. The van der Waals surface area contributed by atoms with Gasteiger partial charge in [0.15, 0.2) is 0 Å². The number of aromatic carboxylic acids is 1. The Bertz CT molecular complexity index is 815. The molecule has 0 aliphatic carbocycles. The van der Waals surface area contributed by atoms with Crippen LogP contribution >= 0.6 is 0 Å². The number of carbonyl (C=O) groups is 2. The van der Waals surface area contributed by atoms with Crippen LogP contribution in [0.1, 0.15) is 48.7 Å². The van der Waals surface area contributed by atoms with Crippen LogP contribution in [0.25, 0.3) is 5.69 Å². The van der Waals surface area contributed by atoms with Crippen LogP contribution in [0, 0.1) is 6.92 Å². The summed E-state index contributed by atoms with van der Waals surface area (Å²) < 4.78 is 7.28. The van der Waals surface area contributed by atoms with Gasteiger partial charge in [-0.15, -0.1) is 0 Å². The van der Waals surface area contributed by atoms with Crippen molar-refractivity contribution in [1.29, 1.82) is 0 Å². The lowest BCUT2D eigenvalue weighted by atomic mass is 10.1. The molecule has 2 atom stereocenters. The molecule has 7 heteroatoms. The SMILES string of the molecule is Cc1c(C(=O)O)cnn1-c1cccc(NC(=O)CCC2CCC(C)O2)c1. The number of anilines is 1.